The van der Waals surface area contributed by atoms with Crippen molar-refractivity contribution in [1.29, 1.82) is 0 Å². The molecule has 1 heterocycles. The van der Waals surface area contributed by atoms with Gasteiger partial charge in [-0.05, 0) is 12.8 Å². The smallest absolute Gasteiger partial charge is 0.148 e. The van der Waals surface area contributed by atoms with Crippen LogP contribution in [0.4, 0.5) is 11.6 Å². The van der Waals surface area contributed by atoms with Crippen molar-refractivity contribution >= 4 is 11.6 Å². The lowest BCUT2D eigenvalue weighted by Gasteiger charge is -2.25. The van der Waals surface area contributed by atoms with Crippen molar-refractivity contribution in [3.8, 4) is 0 Å². The number of hydrogen-bond donors (Lipinski definition) is 3. The standard InChI is InChI=1S/C12H23N5O/c1-3-5-6-17(7-8-18)12-10(4-2)11(16-13)14-9-15-12/h9,18H,3-8,13H2,1-2H3,(H,14,15,16). The van der Waals surface area contributed by atoms with Crippen molar-refractivity contribution < 1.29 is 5.11 Å². The largest absolute Gasteiger partial charge is 0.395 e. The predicted octanol–water partition coefficient (Wildman–Crippen LogP) is 0.923. The second-order valence-corrected chi connectivity index (χ2v) is 4.09. The zero-order chi connectivity index (χ0) is 13.4. The molecule has 18 heavy (non-hydrogen) atoms. The van der Waals surface area contributed by atoms with Gasteiger partial charge in [-0.2, -0.15) is 0 Å². The highest BCUT2D eigenvalue weighted by atomic mass is 16.3. The molecule has 1 aromatic rings. The molecule has 102 valence electrons. The second-order valence-electron chi connectivity index (χ2n) is 4.09. The summed E-state index contributed by atoms with van der Waals surface area (Å²) in [5, 5.41) is 9.16. The number of nitrogens with two attached hydrogens (primary N) is 1. The summed E-state index contributed by atoms with van der Waals surface area (Å²) in [6, 6.07) is 0. The van der Waals surface area contributed by atoms with Gasteiger partial charge < -0.3 is 15.4 Å². The first-order valence-corrected chi connectivity index (χ1v) is 6.44. The number of nitrogens with one attached hydrogen (secondary N) is 1. The number of unbranched alkanes of at least 4 members (excludes halogenated alkanes) is 1. The van der Waals surface area contributed by atoms with E-state index in [2.05, 4.69) is 27.2 Å². The number of anilines is 2. The molecule has 0 radical (unpaired) electrons. The maximum atomic E-state index is 9.16. The summed E-state index contributed by atoms with van der Waals surface area (Å²) in [6.45, 7) is 5.76. The van der Waals surface area contributed by atoms with Gasteiger partial charge in [-0.1, -0.05) is 20.3 Å². The van der Waals surface area contributed by atoms with Crippen LogP contribution >= 0.6 is 0 Å². The Bertz CT molecular complexity index is 358. The molecule has 0 aliphatic rings. The molecule has 0 atom stereocenters. The lowest BCUT2D eigenvalue weighted by atomic mass is 10.2. The van der Waals surface area contributed by atoms with Crippen molar-refractivity contribution in [2.45, 2.75) is 33.1 Å². The lowest BCUT2D eigenvalue weighted by molar-refractivity contribution is 0.301. The van der Waals surface area contributed by atoms with Crippen LogP contribution in [0.15, 0.2) is 6.33 Å². The van der Waals surface area contributed by atoms with Crippen LogP contribution in [0.2, 0.25) is 0 Å². The first-order valence-electron chi connectivity index (χ1n) is 6.44. The molecule has 0 spiro atoms. The van der Waals surface area contributed by atoms with Crippen LogP contribution < -0.4 is 16.2 Å². The van der Waals surface area contributed by atoms with Crippen LogP contribution in [0, 0.1) is 0 Å². The van der Waals surface area contributed by atoms with Crippen LogP contribution in [-0.2, 0) is 6.42 Å². The van der Waals surface area contributed by atoms with E-state index in [9.17, 15) is 0 Å². The number of aliphatic hydroxyl groups is 1. The maximum Gasteiger partial charge on any atom is 0.148 e. The molecule has 0 aliphatic carbocycles. The average Bonchev–Trinajstić information content (AvgIpc) is 2.42. The number of hydrogen-bond acceptors (Lipinski definition) is 6. The topological polar surface area (TPSA) is 87.3 Å². The van der Waals surface area contributed by atoms with Gasteiger partial charge in [-0.25, -0.2) is 15.8 Å². The second kappa shape index (κ2) is 7.84. The maximum absolute atomic E-state index is 9.16. The normalized spacial score (nSPS) is 10.4. The summed E-state index contributed by atoms with van der Waals surface area (Å²) in [4.78, 5) is 10.5. The number of hydrazine groups is 1. The van der Waals surface area contributed by atoms with E-state index >= 15 is 0 Å². The zero-order valence-corrected chi connectivity index (χ0v) is 11.2. The summed E-state index contributed by atoms with van der Waals surface area (Å²) in [5.41, 5.74) is 3.59. The third-order valence-corrected chi connectivity index (χ3v) is 2.86. The van der Waals surface area contributed by atoms with Crippen molar-refractivity contribution in [3.63, 3.8) is 0 Å². The molecule has 0 fully saturated rings. The quantitative estimate of drug-likeness (QED) is 0.472. The van der Waals surface area contributed by atoms with Crippen molar-refractivity contribution in [2.75, 3.05) is 30.0 Å². The first-order chi connectivity index (χ1) is 8.78. The lowest BCUT2D eigenvalue weighted by Crippen LogP contribution is -2.30. The Labute approximate surface area is 108 Å². The Morgan fingerprint density at radius 3 is 2.67 bits per heavy atom. The van der Waals surface area contributed by atoms with Crippen LogP contribution in [0.3, 0.4) is 0 Å². The molecule has 0 saturated carbocycles. The molecule has 0 unspecified atom stereocenters. The van der Waals surface area contributed by atoms with E-state index in [0.717, 1.165) is 37.2 Å². The van der Waals surface area contributed by atoms with Gasteiger partial charge in [0.05, 0.1) is 6.61 Å². The van der Waals surface area contributed by atoms with Gasteiger partial charge in [0.15, 0.2) is 0 Å². The summed E-state index contributed by atoms with van der Waals surface area (Å²) < 4.78 is 0. The fourth-order valence-corrected chi connectivity index (χ4v) is 1.92. The molecule has 0 bridgehead atoms. The van der Waals surface area contributed by atoms with Gasteiger partial charge in [0.25, 0.3) is 0 Å². The molecular weight excluding hydrogens is 230 g/mol. The number of rotatable bonds is 8. The number of aromatic nitrogens is 2. The highest BCUT2D eigenvalue weighted by Gasteiger charge is 2.15. The number of nitrogens with zero attached hydrogens (tertiary/aromatic N) is 3. The van der Waals surface area contributed by atoms with Gasteiger partial charge in [0, 0.05) is 18.7 Å². The minimum Gasteiger partial charge on any atom is -0.395 e. The van der Waals surface area contributed by atoms with Gasteiger partial charge >= 0.3 is 0 Å². The molecular formula is C12H23N5O. The Kier molecular flexibility index (Phi) is 6.38. The average molecular weight is 253 g/mol. The van der Waals surface area contributed by atoms with E-state index in [1.54, 1.807) is 0 Å². The predicted molar refractivity (Wildman–Crippen MR) is 73.4 cm³/mol. The third kappa shape index (κ3) is 3.54. The third-order valence-electron chi connectivity index (χ3n) is 2.86. The van der Waals surface area contributed by atoms with E-state index in [-0.39, 0.29) is 6.61 Å². The summed E-state index contributed by atoms with van der Waals surface area (Å²) >= 11 is 0. The zero-order valence-electron chi connectivity index (χ0n) is 11.2. The highest BCUT2D eigenvalue weighted by Crippen LogP contribution is 2.23. The van der Waals surface area contributed by atoms with E-state index in [0.29, 0.717) is 12.4 Å². The number of nitrogen functional groups attached to an aromatic ring is 1. The fourth-order valence-electron chi connectivity index (χ4n) is 1.92. The molecule has 0 aliphatic heterocycles. The van der Waals surface area contributed by atoms with Gasteiger partial charge in [0.2, 0.25) is 0 Å². The van der Waals surface area contributed by atoms with Gasteiger partial charge in [-0.3, -0.25) is 0 Å². The van der Waals surface area contributed by atoms with Crippen molar-refractivity contribution in [3.05, 3.63) is 11.9 Å². The SMILES string of the molecule is CCCCN(CCO)c1ncnc(NN)c1CC. The Morgan fingerprint density at radius 2 is 2.11 bits per heavy atom. The molecule has 6 heteroatoms. The molecule has 6 nitrogen and oxygen atoms in total. The van der Waals surface area contributed by atoms with E-state index < -0.39 is 0 Å². The number of aliphatic hydroxyl groups excluding tert-OH is 1. The highest BCUT2D eigenvalue weighted by molar-refractivity contribution is 5.58. The molecule has 1 aromatic heterocycles. The van der Waals surface area contributed by atoms with E-state index in [1.807, 2.05) is 6.92 Å². The van der Waals surface area contributed by atoms with E-state index in [1.165, 1.54) is 6.33 Å². The molecule has 0 saturated heterocycles. The summed E-state index contributed by atoms with van der Waals surface area (Å²) in [7, 11) is 0. The minimum absolute atomic E-state index is 0.113. The van der Waals surface area contributed by atoms with Crippen LogP contribution in [0.5, 0.6) is 0 Å². The Hall–Kier alpha value is -1.40. The van der Waals surface area contributed by atoms with Crippen LogP contribution in [0.1, 0.15) is 32.3 Å². The fraction of sp³-hybridized carbons (Fsp3) is 0.667. The van der Waals surface area contributed by atoms with Crippen LogP contribution in [0.25, 0.3) is 0 Å². The molecule has 0 amide bonds. The first kappa shape index (κ1) is 14.7. The Balaban J connectivity index is 3.01. The van der Waals surface area contributed by atoms with Crippen molar-refractivity contribution in [2.24, 2.45) is 5.84 Å². The molecule has 4 N–H and O–H groups in total. The molecule has 1 rings (SSSR count). The van der Waals surface area contributed by atoms with Gasteiger partial charge in [0.1, 0.15) is 18.0 Å². The molecule has 0 aromatic carbocycles. The van der Waals surface area contributed by atoms with Crippen molar-refractivity contribution in [1.82, 2.24) is 9.97 Å². The van der Waals surface area contributed by atoms with E-state index in [4.69, 9.17) is 10.9 Å². The summed E-state index contributed by atoms with van der Waals surface area (Å²) in [6.07, 6.45) is 4.47. The van der Waals surface area contributed by atoms with Gasteiger partial charge in [-0.15, -0.1) is 0 Å². The monoisotopic (exact) mass is 253 g/mol. The minimum atomic E-state index is 0.113. The Morgan fingerprint density at radius 1 is 1.33 bits per heavy atom. The van der Waals surface area contributed by atoms with Crippen LogP contribution in [-0.4, -0.2) is 34.8 Å². The summed E-state index contributed by atoms with van der Waals surface area (Å²) in [5.74, 6) is 6.98.